The minimum Gasteiger partial charge on any atom is -0.459 e. The third-order valence-electron chi connectivity index (χ3n) is 4.27. The Balaban J connectivity index is 2.37. The Hall–Kier alpha value is -1.91. The quantitative estimate of drug-likeness (QED) is 0.481. The highest BCUT2D eigenvalue weighted by Gasteiger charge is 2.40. The van der Waals surface area contributed by atoms with Gasteiger partial charge < -0.3 is 4.74 Å². The summed E-state index contributed by atoms with van der Waals surface area (Å²) in [5.74, 6) is -0.103. The zero-order chi connectivity index (χ0) is 20.1. The second-order valence-corrected chi connectivity index (χ2v) is 14.5. The lowest BCUT2D eigenvalue weighted by Crippen LogP contribution is -2.56. The predicted octanol–water partition coefficient (Wildman–Crippen LogP) is 5.28. The highest BCUT2D eigenvalue weighted by Crippen LogP contribution is 2.24. The van der Waals surface area contributed by atoms with Gasteiger partial charge in [-0.05, 0) is 31.9 Å². The normalized spacial score (nSPS) is 13.4. The van der Waals surface area contributed by atoms with Crippen molar-refractivity contribution in [3.8, 4) is 0 Å². The lowest BCUT2D eigenvalue weighted by molar-refractivity contribution is -0.158. The molecule has 0 saturated heterocycles. The van der Waals surface area contributed by atoms with E-state index in [1.165, 1.54) is 11.1 Å². The van der Waals surface area contributed by atoms with Crippen LogP contribution in [0, 0.1) is 0 Å². The van der Waals surface area contributed by atoms with Gasteiger partial charge in [-0.3, -0.25) is 9.69 Å². The minimum absolute atomic E-state index is 0.103. The van der Waals surface area contributed by atoms with E-state index in [0.29, 0.717) is 0 Å². The summed E-state index contributed by atoms with van der Waals surface area (Å²) < 4.78 is 5.84. The van der Waals surface area contributed by atoms with Crippen LogP contribution in [-0.2, 0) is 22.6 Å². The first-order chi connectivity index (χ1) is 12.6. The smallest absolute Gasteiger partial charge is 0.320 e. The van der Waals surface area contributed by atoms with E-state index in [-0.39, 0.29) is 11.6 Å². The van der Waals surface area contributed by atoms with Crippen LogP contribution in [0.4, 0.5) is 0 Å². The maximum Gasteiger partial charge on any atom is 0.320 e. The summed E-state index contributed by atoms with van der Waals surface area (Å²) in [6.07, 6.45) is 0. The third-order valence-corrected chi connectivity index (χ3v) is 6.51. The van der Waals surface area contributed by atoms with Gasteiger partial charge in [-0.2, -0.15) is 0 Å². The average Bonchev–Trinajstić information content (AvgIpc) is 2.53. The number of esters is 1. The summed E-state index contributed by atoms with van der Waals surface area (Å²) >= 11 is 0. The van der Waals surface area contributed by atoms with Gasteiger partial charge in [0.25, 0.3) is 0 Å². The Kier molecular flexibility index (Phi) is 7.01. The summed E-state index contributed by atoms with van der Waals surface area (Å²) in [5.41, 5.74) is 1.72. The van der Waals surface area contributed by atoms with Crippen LogP contribution in [0.2, 0.25) is 19.6 Å². The van der Waals surface area contributed by atoms with Crippen LogP contribution in [0.15, 0.2) is 60.7 Å². The minimum atomic E-state index is -1.87. The highest BCUT2D eigenvalue weighted by atomic mass is 28.3. The predicted molar refractivity (Wildman–Crippen MR) is 115 cm³/mol. The second kappa shape index (κ2) is 8.85. The maximum atomic E-state index is 13.2. The second-order valence-electron chi connectivity index (χ2n) is 9.18. The van der Waals surface area contributed by atoms with E-state index in [4.69, 9.17) is 4.74 Å². The number of ether oxygens (including phenoxy) is 1. The number of hydrogen-bond donors (Lipinski definition) is 0. The molecule has 2 aromatic rings. The molecule has 0 bridgehead atoms. The van der Waals surface area contributed by atoms with Gasteiger partial charge in [0.2, 0.25) is 0 Å². The van der Waals surface area contributed by atoms with Gasteiger partial charge in [0.15, 0.2) is 0 Å². The molecule has 0 N–H and O–H groups in total. The molecule has 0 amide bonds. The number of carbonyl (C=O) groups excluding carboxylic acids is 1. The molecule has 0 heterocycles. The van der Waals surface area contributed by atoms with Gasteiger partial charge in [0.1, 0.15) is 5.60 Å². The van der Waals surface area contributed by atoms with E-state index in [9.17, 15) is 4.79 Å². The number of benzene rings is 2. The van der Waals surface area contributed by atoms with E-state index in [2.05, 4.69) is 48.8 Å². The molecular weight excluding hydrogens is 350 g/mol. The Morgan fingerprint density at radius 1 is 0.889 bits per heavy atom. The van der Waals surface area contributed by atoms with Crippen molar-refractivity contribution in [1.82, 2.24) is 4.90 Å². The van der Waals surface area contributed by atoms with Gasteiger partial charge in [-0.25, -0.2) is 0 Å². The van der Waals surface area contributed by atoms with Crippen LogP contribution in [0.1, 0.15) is 31.9 Å². The fourth-order valence-electron chi connectivity index (χ4n) is 3.28. The van der Waals surface area contributed by atoms with Gasteiger partial charge in [-0.1, -0.05) is 80.3 Å². The van der Waals surface area contributed by atoms with Crippen LogP contribution in [0.25, 0.3) is 0 Å². The van der Waals surface area contributed by atoms with Gasteiger partial charge >= 0.3 is 5.97 Å². The van der Waals surface area contributed by atoms with Crippen molar-refractivity contribution in [2.75, 3.05) is 0 Å². The molecule has 0 aliphatic carbocycles. The summed E-state index contributed by atoms with van der Waals surface area (Å²) in [5, 5.41) is 0. The van der Waals surface area contributed by atoms with E-state index in [0.717, 1.165) is 13.1 Å². The first-order valence-electron chi connectivity index (χ1n) is 9.61. The molecule has 2 rings (SSSR count). The van der Waals surface area contributed by atoms with Crippen LogP contribution >= 0.6 is 0 Å². The number of nitrogens with zero attached hydrogens (tertiary/aromatic N) is 1. The molecule has 0 radical (unpaired) electrons. The van der Waals surface area contributed by atoms with Crippen molar-refractivity contribution in [2.45, 2.75) is 64.8 Å². The van der Waals surface area contributed by atoms with Crippen molar-refractivity contribution >= 4 is 14.0 Å². The number of hydrogen-bond acceptors (Lipinski definition) is 3. The summed E-state index contributed by atoms with van der Waals surface area (Å²) in [6.45, 7) is 14.0. The lowest BCUT2D eigenvalue weighted by atomic mass is 10.1. The molecule has 2 aromatic carbocycles. The van der Waals surface area contributed by atoms with E-state index in [1.54, 1.807) is 0 Å². The van der Waals surface area contributed by atoms with E-state index in [1.807, 2.05) is 57.2 Å². The van der Waals surface area contributed by atoms with Crippen molar-refractivity contribution in [3.63, 3.8) is 0 Å². The van der Waals surface area contributed by atoms with Crippen LogP contribution in [0.5, 0.6) is 0 Å². The van der Waals surface area contributed by atoms with Crippen molar-refractivity contribution in [1.29, 1.82) is 0 Å². The molecule has 0 aliphatic heterocycles. The van der Waals surface area contributed by atoms with Crippen LogP contribution in [0.3, 0.4) is 0 Å². The third kappa shape index (κ3) is 6.96. The Morgan fingerprint density at radius 3 is 1.63 bits per heavy atom. The summed E-state index contributed by atoms with van der Waals surface area (Å²) in [7, 11) is -1.87. The molecule has 1 unspecified atom stereocenters. The fraction of sp³-hybridized carbons (Fsp3) is 0.435. The maximum absolute atomic E-state index is 13.2. The van der Waals surface area contributed by atoms with Gasteiger partial charge in [0.05, 0.1) is 13.7 Å². The standard InChI is InChI=1S/C23H33NO2Si/c1-23(2,3)26-22(25)21(27(4,5)6)24(17-19-13-9-7-10-14-19)18-20-15-11-8-12-16-20/h7-16,21H,17-18H2,1-6H3. The molecule has 1 atom stereocenters. The SMILES string of the molecule is CC(C)(C)OC(=O)C(N(Cc1ccccc1)Cc1ccccc1)[Si](C)(C)C. The lowest BCUT2D eigenvalue weighted by Gasteiger charge is -2.39. The summed E-state index contributed by atoms with van der Waals surface area (Å²) in [6, 6.07) is 20.7. The molecule has 0 fully saturated rings. The molecule has 0 saturated carbocycles. The average molecular weight is 384 g/mol. The number of rotatable bonds is 7. The Morgan fingerprint density at radius 2 is 1.30 bits per heavy atom. The molecular formula is C23H33NO2Si. The molecule has 0 aliphatic rings. The van der Waals surface area contributed by atoms with Crippen LogP contribution < -0.4 is 0 Å². The summed E-state index contributed by atoms with van der Waals surface area (Å²) in [4.78, 5) is 15.5. The molecule has 4 heteroatoms. The zero-order valence-electron chi connectivity index (χ0n) is 17.5. The van der Waals surface area contributed by atoms with Crippen molar-refractivity contribution < 1.29 is 9.53 Å². The highest BCUT2D eigenvalue weighted by molar-refractivity contribution is 6.80. The molecule has 27 heavy (non-hydrogen) atoms. The van der Waals surface area contributed by atoms with E-state index < -0.39 is 13.7 Å². The zero-order valence-corrected chi connectivity index (χ0v) is 18.5. The Labute approximate surface area is 165 Å². The molecule has 0 aromatic heterocycles. The van der Waals surface area contributed by atoms with E-state index >= 15 is 0 Å². The van der Waals surface area contributed by atoms with Gasteiger partial charge in [0, 0.05) is 13.1 Å². The van der Waals surface area contributed by atoms with Crippen molar-refractivity contribution in [2.24, 2.45) is 0 Å². The molecule has 0 spiro atoms. The fourth-order valence-corrected chi connectivity index (χ4v) is 5.33. The molecule has 3 nitrogen and oxygen atoms in total. The topological polar surface area (TPSA) is 29.5 Å². The largest absolute Gasteiger partial charge is 0.459 e. The first kappa shape index (κ1) is 21.4. The monoisotopic (exact) mass is 383 g/mol. The molecule has 146 valence electrons. The number of carbonyl (C=O) groups is 1. The Bertz CT molecular complexity index is 676. The van der Waals surface area contributed by atoms with Gasteiger partial charge in [-0.15, -0.1) is 0 Å². The van der Waals surface area contributed by atoms with Crippen LogP contribution in [-0.4, -0.2) is 30.2 Å². The van der Waals surface area contributed by atoms with Crippen molar-refractivity contribution in [3.05, 3.63) is 71.8 Å². The first-order valence-corrected chi connectivity index (χ1v) is 13.2.